The number of unbranched alkanes of at least 4 members (excludes halogenated alkanes) is 1. The zero-order valence-electron chi connectivity index (χ0n) is 30.7. The van der Waals surface area contributed by atoms with Crippen LogP contribution >= 0.6 is 23.2 Å². The summed E-state index contributed by atoms with van der Waals surface area (Å²) >= 11 is 13.7. The molecular formula is C42H50Cl2N2O5. The maximum atomic E-state index is 6.86. The molecule has 0 bridgehead atoms. The average molecular weight is 734 g/mol. The van der Waals surface area contributed by atoms with Gasteiger partial charge >= 0.3 is 0 Å². The fraction of sp³-hybridized carbons (Fsp3) is 0.429. The van der Waals surface area contributed by atoms with E-state index in [1.165, 1.54) is 27.8 Å². The van der Waals surface area contributed by atoms with Crippen LogP contribution in [0.15, 0.2) is 60.7 Å². The Hall–Kier alpha value is -3.62. The van der Waals surface area contributed by atoms with Gasteiger partial charge in [0.1, 0.15) is 17.2 Å². The fourth-order valence-electron chi connectivity index (χ4n) is 7.50. The minimum Gasteiger partial charge on any atom is -0.496 e. The van der Waals surface area contributed by atoms with Crippen LogP contribution in [0, 0.1) is 6.92 Å². The standard InChI is InChI=1S/C42H50Cl2N2O5/c1-27-38(47-4)23-34-32(40(27)43)17-19-45(2)25-36(34)28-9-13-30(14-10-28)50-21-7-8-22-51-31-15-11-29(12-16-31)37-26-46(3)20-18-33-35(37)24-39(48-5)42(49-6)41(33)44/h9-16,23-24,36-37H,7-8,17-22,25-26H2,1-6H3. The zero-order valence-corrected chi connectivity index (χ0v) is 32.2. The molecule has 0 amide bonds. The molecule has 0 fully saturated rings. The van der Waals surface area contributed by atoms with Gasteiger partial charge in [0.05, 0.1) is 44.6 Å². The minimum absolute atomic E-state index is 0.153. The van der Waals surface area contributed by atoms with Crippen LogP contribution in [-0.2, 0) is 12.8 Å². The second-order valence-electron chi connectivity index (χ2n) is 13.8. The van der Waals surface area contributed by atoms with Crippen molar-refractivity contribution in [1.29, 1.82) is 0 Å². The molecule has 6 rings (SSSR count). The van der Waals surface area contributed by atoms with Crippen LogP contribution in [0.25, 0.3) is 0 Å². The Morgan fingerprint density at radius 2 is 1.08 bits per heavy atom. The van der Waals surface area contributed by atoms with Gasteiger partial charge in [0.2, 0.25) is 0 Å². The molecule has 2 atom stereocenters. The van der Waals surface area contributed by atoms with Crippen molar-refractivity contribution in [3.8, 4) is 28.7 Å². The Morgan fingerprint density at radius 1 is 0.627 bits per heavy atom. The van der Waals surface area contributed by atoms with Crippen LogP contribution in [0.4, 0.5) is 0 Å². The van der Waals surface area contributed by atoms with Gasteiger partial charge in [-0.3, -0.25) is 0 Å². The zero-order chi connectivity index (χ0) is 36.1. The van der Waals surface area contributed by atoms with Crippen LogP contribution in [0.1, 0.15) is 63.6 Å². The summed E-state index contributed by atoms with van der Waals surface area (Å²) in [6, 6.07) is 21.3. The summed E-state index contributed by atoms with van der Waals surface area (Å²) in [6.45, 7) is 7.00. The van der Waals surface area contributed by atoms with Crippen LogP contribution in [0.2, 0.25) is 10.0 Å². The first kappa shape index (κ1) is 37.1. The predicted molar refractivity (Wildman–Crippen MR) is 206 cm³/mol. The van der Waals surface area contributed by atoms with Gasteiger partial charge in [-0.25, -0.2) is 0 Å². The molecule has 51 heavy (non-hydrogen) atoms. The lowest BCUT2D eigenvalue weighted by molar-refractivity contribution is 0.266. The van der Waals surface area contributed by atoms with E-state index in [4.69, 9.17) is 46.9 Å². The minimum atomic E-state index is 0.153. The number of benzene rings is 4. The lowest BCUT2D eigenvalue weighted by atomic mass is 9.87. The summed E-state index contributed by atoms with van der Waals surface area (Å²) in [6.07, 6.45) is 3.58. The van der Waals surface area contributed by atoms with Crippen molar-refractivity contribution in [2.75, 3.05) is 74.8 Å². The first-order valence-electron chi connectivity index (χ1n) is 17.8. The van der Waals surface area contributed by atoms with Crippen LogP contribution in [0.5, 0.6) is 28.7 Å². The van der Waals surface area contributed by atoms with E-state index in [0.717, 1.165) is 85.3 Å². The number of hydrogen-bond donors (Lipinski definition) is 0. The highest BCUT2D eigenvalue weighted by Crippen LogP contribution is 2.45. The molecule has 0 aromatic heterocycles. The first-order chi connectivity index (χ1) is 24.7. The first-order valence-corrected chi connectivity index (χ1v) is 18.6. The molecule has 9 heteroatoms. The van der Waals surface area contributed by atoms with E-state index in [2.05, 4.69) is 84.6 Å². The van der Waals surface area contributed by atoms with Crippen molar-refractivity contribution in [1.82, 2.24) is 9.80 Å². The van der Waals surface area contributed by atoms with Crippen molar-refractivity contribution in [2.24, 2.45) is 0 Å². The molecule has 0 saturated heterocycles. The highest BCUT2D eigenvalue weighted by molar-refractivity contribution is 6.33. The smallest absolute Gasteiger partial charge is 0.179 e. The number of hydrogen-bond acceptors (Lipinski definition) is 7. The Balaban J connectivity index is 1.01. The van der Waals surface area contributed by atoms with E-state index in [1.807, 2.05) is 6.92 Å². The van der Waals surface area contributed by atoms with Gasteiger partial charge in [0, 0.05) is 43.6 Å². The number of rotatable bonds is 12. The summed E-state index contributed by atoms with van der Waals surface area (Å²) in [4.78, 5) is 4.73. The molecule has 7 nitrogen and oxygen atoms in total. The highest BCUT2D eigenvalue weighted by atomic mass is 35.5. The third kappa shape index (κ3) is 8.23. The molecule has 2 heterocycles. The summed E-state index contributed by atoms with van der Waals surface area (Å²) in [5.74, 6) is 4.20. The molecule has 2 unspecified atom stereocenters. The van der Waals surface area contributed by atoms with Gasteiger partial charge < -0.3 is 33.5 Å². The molecule has 0 radical (unpaired) electrons. The normalized spacial score (nSPS) is 17.9. The molecule has 2 aliphatic rings. The third-order valence-electron chi connectivity index (χ3n) is 10.4. The van der Waals surface area contributed by atoms with Crippen molar-refractivity contribution < 1.29 is 23.7 Å². The molecule has 0 saturated carbocycles. The number of halogens is 2. The molecular weight excluding hydrogens is 683 g/mol. The van der Waals surface area contributed by atoms with Gasteiger partial charge in [-0.05, 0) is 116 Å². The Bertz CT molecular complexity index is 1800. The number of methoxy groups -OCH3 is 3. The lowest BCUT2D eigenvalue weighted by Gasteiger charge is -2.24. The molecule has 2 aliphatic heterocycles. The summed E-state index contributed by atoms with van der Waals surface area (Å²) < 4.78 is 29.2. The van der Waals surface area contributed by atoms with E-state index < -0.39 is 0 Å². The molecule has 0 aliphatic carbocycles. The SMILES string of the molecule is COc1cc2c(c(Cl)c1C)CCN(C)CC2c1ccc(OCCCCOc2ccc(C3CN(C)CCc4c3cc(OC)c(OC)c4Cl)cc2)cc1. The molecule has 4 aromatic rings. The van der Waals surface area contributed by atoms with Crippen LogP contribution < -0.4 is 23.7 Å². The summed E-state index contributed by atoms with van der Waals surface area (Å²) in [7, 11) is 9.33. The largest absolute Gasteiger partial charge is 0.496 e. The summed E-state index contributed by atoms with van der Waals surface area (Å²) in [5.41, 5.74) is 8.27. The van der Waals surface area contributed by atoms with E-state index in [9.17, 15) is 0 Å². The summed E-state index contributed by atoms with van der Waals surface area (Å²) in [5, 5.41) is 1.47. The molecule has 0 N–H and O–H groups in total. The van der Waals surface area contributed by atoms with E-state index in [-0.39, 0.29) is 11.8 Å². The van der Waals surface area contributed by atoms with Crippen LogP contribution in [-0.4, -0.2) is 84.6 Å². The Kier molecular flexibility index (Phi) is 12.2. The monoisotopic (exact) mass is 732 g/mol. The van der Waals surface area contributed by atoms with Crippen molar-refractivity contribution >= 4 is 23.2 Å². The van der Waals surface area contributed by atoms with Gasteiger partial charge in [-0.1, -0.05) is 47.5 Å². The Labute approximate surface area is 313 Å². The van der Waals surface area contributed by atoms with Crippen molar-refractivity contribution in [3.05, 3.63) is 110 Å². The van der Waals surface area contributed by atoms with Crippen LogP contribution in [0.3, 0.4) is 0 Å². The van der Waals surface area contributed by atoms with Gasteiger partial charge in [-0.2, -0.15) is 0 Å². The van der Waals surface area contributed by atoms with Gasteiger partial charge in [0.15, 0.2) is 11.5 Å². The maximum Gasteiger partial charge on any atom is 0.179 e. The second kappa shape index (κ2) is 16.8. The number of fused-ring (bicyclic) bond motifs is 2. The van der Waals surface area contributed by atoms with Gasteiger partial charge in [0.25, 0.3) is 0 Å². The van der Waals surface area contributed by atoms with E-state index in [0.29, 0.717) is 29.7 Å². The topological polar surface area (TPSA) is 52.6 Å². The maximum absolute atomic E-state index is 6.86. The highest BCUT2D eigenvalue weighted by Gasteiger charge is 2.29. The van der Waals surface area contributed by atoms with E-state index >= 15 is 0 Å². The second-order valence-corrected chi connectivity index (χ2v) is 14.5. The van der Waals surface area contributed by atoms with Crippen molar-refractivity contribution in [3.63, 3.8) is 0 Å². The number of nitrogens with zero attached hydrogens (tertiary/aromatic N) is 2. The molecule has 272 valence electrons. The number of likely N-dealkylation sites (N-methyl/N-ethyl adjacent to an activating group) is 2. The predicted octanol–water partition coefficient (Wildman–Crippen LogP) is 8.81. The average Bonchev–Trinajstić information content (AvgIpc) is 3.42. The lowest BCUT2D eigenvalue weighted by Crippen LogP contribution is -2.24. The quantitative estimate of drug-likeness (QED) is 0.135. The molecule has 0 spiro atoms. The third-order valence-corrected chi connectivity index (χ3v) is 11.3. The molecule has 4 aromatic carbocycles. The fourth-order valence-corrected chi connectivity index (χ4v) is 8.17. The Morgan fingerprint density at radius 3 is 1.53 bits per heavy atom. The van der Waals surface area contributed by atoms with Crippen molar-refractivity contribution in [2.45, 2.75) is 44.4 Å². The number of ether oxygens (including phenoxy) is 5. The van der Waals surface area contributed by atoms with Gasteiger partial charge in [-0.15, -0.1) is 0 Å². The van der Waals surface area contributed by atoms with E-state index in [1.54, 1.807) is 21.3 Å².